The number of amides is 1. The van der Waals surface area contributed by atoms with E-state index in [4.69, 9.17) is 5.73 Å². The molecule has 5 nitrogen and oxygen atoms in total. The molecule has 0 aliphatic heterocycles. The number of hydrogen-bond donors (Lipinski definition) is 4. The fourth-order valence-electron chi connectivity index (χ4n) is 9.74. The minimum atomic E-state index is 0.229. The van der Waals surface area contributed by atoms with E-state index in [0.29, 0.717) is 29.7 Å². The molecule has 1 amide bonds. The molecule has 4 saturated carbocycles. The third-order valence-corrected chi connectivity index (χ3v) is 11.6. The molecule has 8 atom stereocenters. The number of carbonyl (C=O) groups is 1. The highest BCUT2D eigenvalue weighted by Crippen LogP contribution is 2.68. The van der Waals surface area contributed by atoms with Crippen LogP contribution in [0.1, 0.15) is 97.8 Å². The molecule has 4 aliphatic rings. The molecule has 35 heavy (non-hydrogen) atoms. The summed E-state index contributed by atoms with van der Waals surface area (Å²) < 4.78 is 0. The Morgan fingerprint density at radius 1 is 0.857 bits per heavy atom. The predicted molar refractivity (Wildman–Crippen MR) is 146 cm³/mol. The fraction of sp³-hybridized carbons (Fsp3) is 0.967. The third kappa shape index (κ3) is 5.93. The first-order valence-corrected chi connectivity index (χ1v) is 15.3. The summed E-state index contributed by atoms with van der Waals surface area (Å²) >= 11 is 0. The van der Waals surface area contributed by atoms with E-state index in [1.54, 1.807) is 0 Å². The van der Waals surface area contributed by atoms with Gasteiger partial charge in [0.2, 0.25) is 5.91 Å². The number of hydrogen-bond acceptors (Lipinski definition) is 4. The van der Waals surface area contributed by atoms with Gasteiger partial charge in [0.25, 0.3) is 0 Å². The second-order valence-corrected chi connectivity index (χ2v) is 13.3. The van der Waals surface area contributed by atoms with E-state index in [1.165, 1.54) is 64.2 Å². The van der Waals surface area contributed by atoms with Crippen LogP contribution < -0.4 is 21.7 Å². The van der Waals surface area contributed by atoms with E-state index in [0.717, 1.165) is 68.7 Å². The first-order chi connectivity index (χ1) is 16.9. The van der Waals surface area contributed by atoms with Crippen LogP contribution in [0, 0.1) is 46.3 Å². The minimum Gasteiger partial charge on any atom is -0.355 e. The highest BCUT2D eigenvalue weighted by molar-refractivity contribution is 5.75. The van der Waals surface area contributed by atoms with Crippen molar-refractivity contribution in [2.24, 2.45) is 52.1 Å². The maximum Gasteiger partial charge on any atom is 0.220 e. The van der Waals surface area contributed by atoms with Crippen molar-refractivity contribution >= 4 is 5.91 Å². The number of fused-ring (bicyclic) bond motifs is 5. The quantitative estimate of drug-likeness (QED) is 0.300. The van der Waals surface area contributed by atoms with Gasteiger partial charge < -0.3 is 21.7 Å². The largest absolute Gasteiger partial charge is 0.355 e. The molecule has 0 aromatic rings. The summed E-state index contributed by atoms with van der Waals surface area (Å²) in [5.41, 5.74) is 6.62. The number of nitrogens with one attached hydrogen (secondary N) is 3. The first kappa shape index (κ1) is 27.4. The van der Waals surface area contributed by atoms with Crippen LogP contribution in [-0.4, -0.2) is 45.2 Å². The van der Waals surface area contributed by atoms with Gasteiger partial charge in [0, 0.05) is 45.7 Å². The number of nitrogens with two attached hydrogens (primary N) is 1. The maximum atomic E-state index is 12.5. The Hall–Kier alpha value is -0.650. The smallest absolute Gasteiger partial charge is 0.220 e. The molecule has 202 valence electrons. The molecule has 0 saturated heterocycles. The van der Waals surface area contributed by atoms with Crippen molar-refractivity contribution in [2.75, 3.05) is 39.3 Å². The van der Waals surface area contributed by atoms with E-state index >= 15 is 0 Å². The average Bonchev–Trinajstić information content (AvgIpc) is 3.21. The molecular formula is C30H56N4O. The molecule has 0 heterocycles. The van der Waals surface area contributed by atoms with Crippen molar-refractivity contribution < 1.29 is 4.79 Å². The second kappa shape index (κ2) is 12.3. The standard InChI is InChI=1S/C30H56N4O/c1-22(7-12-28(35)34-21-20-33-19-18-32-17-16-31)25-10-11-26-24-9-8-23-6-4-5-14-29(23,2)27(24)13-15-30(25,26)3/h22-27,32-33H,4-21,31H2,1-3H3,(H,34,35)/t22?,23-,24?,25+,26?,27?,29-,30+/m0/s1. The molecule has 5 N–H and O–H groups in total. The summed E-state index contributed by atoms with van der Waals surface area (Å²) in [5, 5.41) is 9.76. The fourth-order valence-corrected chi connectivity index (χ4v) is 9.74. The molecule has 4 unspecified atom stereocenters. The van der Waals surface area contributed by atoms with Crippen LogP contribution in [0.25, 0.3) is 0 Å². The Morgan fingerprint density at radius 2 is 1.60 bits per heavy atom. The molecule has 4 aliphatic carbocycles. The van der Waals surface area contributed by atoms with E-state index in [2.05, 4.69) is 36.7 Å². The average molecular weight is 489 g/mol. The lowest BCUT2D eigenvalue weighted by Crippen LogP contribution is -2.53. The van der Waals surface area contributed by atoms with Gasteiger partial charge in [-0.3, -0.25) is 4.79 Å². The third-order valence-electron chi connectivity index (χ3n) is 11.6. The molecule has 4 fully saturated rings. The van der Waals surface area contributed by atoms with Crippen LogP contribution in [0.15, 0.2) is 0 Å². The van der Waals surface area contributed by atoms with Gasteiger partial charge in [-0.25, -0.2) is 0 Å². The Morgan fingerprint density at radius 3 is 2.40 bits per heavy atom. The summed E-state index contributed by atoms with van der Waals surface area (Å²) in [6.45, 7) is 12.7. The van der Waals surface area contributed by atoms with Gasteiger partial charge in [-0.2, -0.15) is 0 Å². The summed E-state index contributed by atoms with van der Waals surface area (Å²) in [4.78, 5) is 12.5. The Kier molecular flexibility index (Phi) is 9.59. The molecule has 0 radical (unpaired) electrons. The molecule has 0 aromatic heterocycles. The lowest BCUT2D eigenvalue weighted by molar-refractivity contribution is -0.122. The Labute approximate surface area is 215 Å². The van der Waals surface area contributed by atoms with Crippen LogP contribution in [0.4, 0.5) is 0 Å². The summed E-state index contributed by atoms with van der Waals surface area (Å²) in [7, 11) is 0. The van der Waals surface area contributed by atoms with E-state index in [-0.39, 0.29) is 5.91 Å². The monoisotopic (exact) mass is 488 g/mol. The van der Waals surface area contributed by atoms with Gasteiger partial charge in [0.15, 0.2) is 0 Å². The van der Waals surface area contributed by atoms with Gasteiger partial charge in [-0.1, -0.05) is 33.6 Å². The lowest BCUT2D eigenvalue weighted by atomic mass is 9.44. The van der Waals surface area contributed by atoms with Crippen LogP contribution in [0.3, 0.4) is 0 Å². The molecule has 4 rings (SSSR count). The van der Waals surface area contributed by atoms with Crippen molar-refractivity contribution in [2.45, 2.75) is 97.8 Å². The molecule has 0 aromatic carbocycles. The van der Waals surface area contributed by atoms with Crippen molar-refractivity contribution in [3.63, 3.8) is 0 Å². The highest BCUT2D eigenvalue weighted by Gasteiger charge is 2.60. The Bertz CT molecular complexity index is 685. The molecule has 0 spiro atoms. The minimum absolute atomic E-state index is 0.229. The van der Waals surface area contributed by atoms with E-state index in [1.807, 2.05) is 0 Å². The van der Waals surface area contributed by atoms with Gasteiger partial charge in [-0.15, -0.1) is 0 Å². The summed E-state index contributed by atoms with van der Waals surface area (Å²) in [5.74, 6) is 5.61. The highest BCUT2D eigenvalue weighted by atomic mass is 16.1. The Balaban J connectivity index is 1.21. The topological polar surface area (TPSA) is 79.2 Å². The van der Waals surface area contributed by atoms with Crippen LogP contribution in [-0.2, 0) is 4.79 Å². The van der Waals surface area contributed by atoms with Gasteiger partial charge >= 0.3 is 0 Å². The predicted octanol–water partition coefficient (Wildman–Crippen LogP) is 4.71. The zero-order valence-corrected chi connectivity index (χ0v) is 23.2. The van der Waals surface area contributed by atoms with Crippen molar-refractivity contribution in [1.82, 2.24) is 16.0 Å². The number of carbonyl (C=O) groups excluding carboxylic acids is 1. The summed E-state index contributed by atoms with van der Waals surface area (Å²) in [6, 6.07) is 0. The zero-order valence-electron chi connectivity index (χ0n) is 23.2. The van der Waals surface area contributed by atoms with Crippen LogP contribution in [0.5, 0.6) is 0 Å². The normalized spacial score (nSPS) is 39.4. The van der Waals surface area contributed by atoms with Crippen molar-refractivity contribution in [1.29, 1.82) is 0 Å². The van der Waals surface area contributed by atoms with Crippen molar-refractivity contribution in [3.8, 4) is 0 Å². The van der Waals surface area contributed by atoms with Crippen LogP contribution in [0.2, 0.25) is 0 Å². The molecule has 5 heteroatoms. The first-order valence-electron chi connectivity index (χ1n) is 15.3. The SMILES string of the molecule is CC(CCC(=O)NCCNCCNCCN)[C@H]1CCC2C3CC[C@@H]4CCCC[C@]4(C)C3CC[C@@]21C. The van der Waals surface area contributed by atoms with Gasteiger partial charge in [-0.05, 0) is 104 Å². The van der Waals surface area contributed by atoms with E-state index in [9.17, 15) is 4.79 Å². The van der Waals surface area contributed by atoms with Gasteiger partial charge in [0.1, 0.15) is 0 Å². The summed E-state index contributed by atoms with van der Waals surface area (Å²) in [6.07, 6.45) is 16.5. The van der Waals surface area contributed by atoms with Gasteiger partial charge in [0.05, 0.1) is 0 Å². The van der Waals surface area contributed by atoms with Crippen molar-refractivity contribution in [3.05, 3.63) is 0 Å². The second-order valence-electron chi connectivity index (χ2n) is 13.3. The van der Waals surface area contributed by atoms with E-state index < -0.39 is 0 Å². The molecular weight excluding hydrogens is 432 g/mol. The zero-order chi connectivity index (χ0) is 24.9. The molecule has 0 bridgehead atoms. The number of rotatable bonds is 12. The lowest BCUT2D eigenvalue weighted by Gasteiger charge is -2.61. The van der Waals surface area contributed by atoms with Crippen LogP contribution >= 0.6 is 0 Å². The maximum absolute atomic E-state index is 12.5.